The molecule has 0 fully saturated rings. The third-order valence-electron chi connectivity index (χ3n) is 2.04. The number of esters is 3. The molecule has 0 spiro atoms. The Morgan fingerprint density at radius 2 is 1.40 bits per heavy atom. The van der Waals surface area contributed by atoms with Gasteiger partial charge in [-0.05, 0) is 0 Å². The lowest BCUT2D eigenvalue weighted by Gasteiger charge is -2.25. The minimum absolute atomic E-state index is 0.242. The summed E-state index contributed by atoms with van der Waals surface area (Å²) in [5, 5.41) is 0. The highest BCUT2D eigenvalue weighted by atomic mass is 19.1. The normalized spacial score (nSPS) is 13.2. The average molecular weight is 294 g/mol. The van der Waals surface area contributed by atoms with Crippen molar-refractivity contribution in [2.24, 2.45) is 0 Å². The van der Waals surface area contributed by atoms with Gasteiger partial charge in [0.25, 0.3) is 0 Å². The van der Waals surface area contributed by atoms with Gasteiger partial charge in [0.2, 0.25) is 0 Å². The second kappa shape index (κ2) is 10.1. The number of ether oxygens (including phenoxy) is 4. The molecule has 0 aliphatic rings. The van der Waals surface area contributed by atoms with Crippen LogP contribution in [-0.4, -0.2) is 56.6 Å². The van der Waals surface area contributed by atoms with E-state index in [1.807, 2.05) is 0 Å². The molecule has 116 valence electrons. The minimum atomic E-state index is -0.984. The highest BCUT2D eigenvalue weighted by Gasteiger charge is 2.27. The monoisotopic (exact) mass is 294 g/mol. The molecule has 0 radical (unpaired) electrons. The molecule has 0 heterocycles. The molecule has 1 unspecified atom stereocenters. The Bertz CT molecular complexity index is 332. The fourth-order valence-corrected chi connectivity index (χ4v) is 1.29. The molecule has 0 saturated heterocycles. The molecular formula is C12H19FO7. The van der Waals surface area contributed by atoms with Crippen LogP contribution in [-0.2, 0) is 33.3 Å². The van der Waals surface area contributed by atoms with Crippen LogP contribution in [0.4, 0.5) is 4.39 Å². The van der Waals surface area contributed by atoms with Crippen LogP contribution in [0.2, 0.25) is 0 Å². The summed E-state index contributed by atoms with van der Waals surface area (Å²) < 4.78 is 31.7. The minimum Gasteiger partial charge on any atom is -0.463 e. The summed E-state index contributed by atoms with van der Waals surface area (Å²) in [6.07, 6.45) is -1.90. The lowest BCUT2D eigenvalue weighted by molar-refractivity contribution is -0.173. The van der Waals surface area contributed by atoms with E-state index in [0.29, 0.717) is 0 Å². The standard InChI is InChI=1S/C12H19FO7/c1-8(14)18-6-11(17-5-4-13)12(20-10(3)16)7-19-9(2)15/h11-12H,4-7H2,1-3H3/t11?,12-/m0/s1. The van der Waals surface area contributed by atoms with Crippen molar-refractivity contribution < 1.29 is 37.7 Å². The number of alkyl halides is 1. The average Bonchev–Trinajstić information content (AvgIpc) is 2.34. The van der Waals surface area contributed by atoms with Crippen molar-refractivity contribution in [1.29, 1.82) is 0 Å². The van der Waals surface area contributed by atoms with Gasteiger partial charge in [0, 0.05) is 20.8 Å². The summed E-state index contributed by atoms with van der Waals surface area (Å²) in [6, 6.07) is 0. The van der Waals surface area contributed by atoms with Gasteiger partial charge in [0.05, 0.1) is 6.61 Å². The second-order valence-electron chi connectivity index (χ2n) is 3.85. The van der Waals surface area contributed by atoms with E-state index in [4.69, 9.17) is 18.9 Å². The molecule has 0 saturated carbocycles. The Labute approximate surface area is 116 Å². The van der Waals surface area contributed by atoms with Crippen LogP contribution in [0.15, 0.2) is 0 Å². The Balaban J connectivity index is 4.69. The van der Waals surface area contributed by atoms with Crippen LogP contribution in [0.1, 0.15) is 20.8 Å². The lowest BCUT2D eigenvalue weighted by atomic mass is 10.2. The van der Waals surface area contributed by atoms with E-state index in [-0.39, 0.29) is 19.8 Å². The zero-order valence-electron chi connectivity index (χ0n) is 11.7. The Kier molecular flexibility index (Phi) is 9.27. The van der Waals surface area contributed by atoms with E-state index in [1.54, 1.807) is 0 Å². The maximum Gasteiger partial charge on any atom is 0.303 e. The summed E-state index contributed by atoms with van der Waals surface area (Å²) in [6.45, 7) is 2.02. The van der Waals surface area contributed by atoms with Crippen molar-refractivity contribution in [3.63, 3.8) is 0 Å². The molecule has 0 aromatic heterocycles. The van der Waals surface area contributed by atoms with Gasteiger partial charge in [0.1, 0.15) is 26.0 Å². The quantitative estimate of drug-likeness (QED) is 0.449. The Hall–Kier alpha value is -1.70. The molecule has 20 heavy (non-hydrogen) atoms. The molecule has 2 atom stereocenters. The molecule has 8 heteroatoms. The van der Waals surface area contributed by atoms with Gasteiger partial charge in [-0.15, -0.1) is 0 Å². The van der Waals surface area contributed by atoms with E-state index >= 15 is 0 Å². The molecular weight excluding hydrogens is 275 g/mol. The summed E-state index contributed by atoms with van der Waals surface area (Å²) in [5.41, 5.74) is 0. The first-order valence-corrected chi connectivity index (χ1v) is 5.98. The maximum absolute atomic E-state index is 12.2. The van der Waals surface area contributed by atoms with Gasteiger partial charge in [-0.25, -0.2) is 4.39 Å². The zero-order valence-corrected chi connectivity index (χ0v) is 11.7. The molecule has 0 aromatic rings. The SMILES string of the molecule is CC(=O)OCC(OCCF)[C@H](COC(C)=O)OC(C)=O. The number of carbonyl (C=O) groups excluding carboxylic acids is 3. The van der Waals surface area contributed by atoms with Crippen LogP contribution in [0.5, 0.6) is 0 Å². The van der Waals surface area contributed by atoms with Gasteiger partial charge in [-0.1, -0.05) is 0 Å². The third kappa shape index (κ3) is 9.26. The van der Waals surface area contributed by atoms with Gasteiger partial charge >= 0.3 is 17.9 Å². The van der Waals surface area contributed by atoms with Crippen molar-refractivity contribution in [1.82, 2.24) is 0 Å². The van der Waals surface area contributed by atoms with Crippen molar-refractivity contribution in [2.75, 3.05) is 26.5 Å². The lowest BCUT2D eigenvalue weighted by Crippen LogP contribution is -2.41. The smallest absolute Gasteiger partial charge is 0.303 e. The highest BCUT2D eigenvalue weighted by Crippen LogP contribution is 2.08. The first-order valence-electron chi connectivity index (χ1n) is 5.98. The largest absolute Gasteiger partial charge is 0.463 e. The highest BCUT2D eigenvalue weighted by molar-refractivity contribution is 5.67. The van der Waals surface area contributed by atoms with E-state index in [9.17, 15) is 18.8 Å². The van der Waals surface area contributed by atoms with Crippen LogP contribution in [0, 0.1) is 0 Å². The van der Waals surface area contributed by atoms with Crippen molar-refractivity contribution in [3.05, 3.63) is 0 Å². The Morgan fingerprint density at radius 1 is 0.900 bits per heavy atom. The fourth-order valence-electron chi connectivity index (χ4n) is 1.29. The van der Waals surface area contributed by atoms with Gasteiger partial charge in [-0.3, -0.25) is 14.4 Å². The van der Waals surface area contributed by atoms with Crippen LogP contribution >= 0.6 is 0 Å². The molecule has 7 nitrogen and oxygen atoms in total. The van der Waals surface area contributed by atoms with Crippen LogP contribution in [0.25, 0.3) is 0 Å². The van der Waals surface area contributed by atoms with E-state index in [0.717, 1.165) is 0 Å². The van der Waals surface area contributed by atoms with Crippen LogP contribution < -0.4 is 0 Å². The van der Waals surface area contributed by atoms with Crippen molar-refractivity contribution >= 4 is 17.9 Å². The van der Waals surface area contributed by atoms with Gasteiger partial charge < -0.3 is 18.9 Å². The van der Waals surface area contributed by atoms with Gasteiger partial charge in [-0.2, -0.15) is 0 Å². The van der Waals surface area contributed by atoms with Crippen LogP contribution in [0.3, 0.4) is 0 Å². The number of halogens is 1. The first-order chi connectivity index (χ1) is 9.36. The van der Waals surface area contributed by atoms with Gasteiger partial charge in [0.15, 0.2) is 6.10 Å². The summed E-state index contributed by atoms with van der Waals surface area (Å²) in [7, 11) is 0. The van der Waals surface area contributed by atoms with Crippen molar-refractivity contribution in [2.45, 2.75) is 33.0 Å². The molecule has 0 amide bonds. The molecule has 0 bridgehead atoms. The second-order valence-corrected chi connectivity index (χ2v) is 3.85. The zero-order chi connectivity index (χ0) is 15.5. The number of carbonyl (C=O) groups is 3. The predicted molar refractivity (Wildman–Crippen MR) is 64.5 cm³/mol. The topological polar surface area (TPSA) is 88.1 Å². The fraction of sp³-hybridized carbons (Fsp3) is 0.750. The molecule has 0 aliphatic carbocycles. The predicted octanol–water partition coefficient (Wildman–Crippen LogP) is 0.399. The van der Waals surface area contributed by atoms with E-state index in [1.165, 1.54) is 20.8 Å². The first kappa shape index (κ1) is 18.3. The summed E-state index contributed by atoms with van der Waals surface area (Å²) >= 11 is 0. The number of hydrogen-bond acceptors (Lipinski definition) is 7. The summed E-state index contributed by atoms with van der Waals surface area (Å²) in [4.78, 5) is 32.6. The molecule has 0 aliphatic heterocycles. The summed E-state index contributed by atoms with van der Waals surface area (Å²) in [5.74, 6) is -1.76. The van der Waals surface area contributed by atoms with E-state index in [2.05, 4.69) is 0 Å². The maximum atomic E-state index is 12.2. The van der Waals surface area contributed by atoms with E-state index < -0.39 is 36.8 Å². The third-order valence-corrected chi connectivity index (χ3v) is 2.04. The number of rotatable bonds is 9. The molecule has 0 rings (SSSR count). The number of hydrogen-bond donors (Lipinski definition) is 0. The molecule has 0 aromatic carbocycles. The Morgan fingerprint density at radius 3 is 1.80 bits per heavy atom. The van der Waals surface area contributed by atoms with Crippen molar-refractivity contribution in [3.8, 4) is 0 Å². The molecule has 0 N–H and O–H groups in total.